The first-order valence-electron chi connectivity index (χ1n) is 4.30. The molecule has 1 fully saturated rings. The molecule has 5 heteroatoms. The molecule has 0 saturated carbocycles. The van der Waals surface area contributed by atoms with E-state index in [1.54, 1.807) is 0 Å². The van der Waals surface area contributed by atoms with Crippen molar-refractivity contribution in [1.82, 2.24) is 4.90 Å². The first kappa shape index (κ1) is 10.6. The molecule has 0 aliphatic carbocycles. The van der Waals surface area contributed by atoms with Gasteiger partial charge in [0.1, 0.15) is 6.61 Å². The van der Waals surface area contributed by atoms with Crippen molar-refractivity contribution < 1.29 is 14.3 Å². The molecule has 0 aromatic carbocycles. The van der Waals surface area contributed by atoms with Gasteiger partial charge in [0.05, 0.1) is 0 Å². The highest BCUT2D eigenvalue weighted by Crippen LogP contribution is 2.14. The molecule has 0 amide bonds. The van der Waals surface area contributed by atoms with Gasteiger partial charge in [0, 0.05) is 6.04 Å². The summed E-state index contributed by atoms with van der Waals surface area (Å²) < 4.78 is 9.27. The van der Waals surface area contributed by atoms with Gasteiger partial charge >= 0.3 is 6.16 Å². The smallest absolute Gasteiger partial charge is 0.433 e. The van der Waals surface area contributed by atoms with Crippen molar-refractivity contribution >= 4 is 17.8 Å². The fourth-order valence-electron chi connectivity index (χ4n) is 1.44. The highest BCUT2D eigenvalue weighted by molar-refractivity contribution is 6.17. The number of nitrogens with zero attached hydrogens (tertiary/aromatic N) is 1. The summed E-state index contributed by atoms with van der Waals surface area (Å²) in [5, 5.41) is 0. The summed E-state index contributed by atoms with van der Waals surface area (Å²) in [5.41, 5.74) is 0. The predicted molar refractivity (Wildman–Crippen MR) is 48.8 cm³/mol. The third-order valence-corrected chi connectivity index (χ3v) is 2.35. The molecular weight excluding hydrogens is 194 g/mol. The zero-order chi connectivity index (χ0) is 9.68. The molecule has 0 bridgehead atoms. The summed E-state index contributed by atoms with van der Waals surface area (Å²) in [6.45, 7) is 1.46. The van der Waals surface area contributed by atoms with Gasteiger partial charge in [-0.3, -0.25) is 0 Å². The van der Waals surface area contributed by atoms with E-state index in [4.69, 9.17) is 16.3 Å². The van der Waals surface area contributed by atoms with Crippen LogP contribution in [0.25, 0.3) is 0 Å². The third kappa shape index (κ3) is 3.40. The second kappa shape index (κ2) is 5.29. The van der Waals surface area contributed by atoms with Crippen LogP contribution in [0.2, 0.25) is 0 Å². The van der Waals surface area contributed by atoms with Crippen molar-refractivity contribution in [2.45, 2.75) is 18.9 Å². The Morgan fingerprint density at radius 2 is 2.38 bits per heavy atom. The van der Waals surface area contributed by atoms with E-state index in [0.717, 1.165) is 19.4 Å². The van der Waals surface area contributed by atoms with Crippen molar-refractivity contribution in [3.8, 4) is 0 Å². The van der Waals surface area contributed by atoms with Crippen molar-refractivity contribution in [2.75, 3.05) is 26.3 Å². The fourth-order valence-corrected chi connectivity index (χ4v) is 1.53. The lowest BCUT2D eigenvalue weighted by molar-refractivity contribution is 0.0512. The largest absolute Gasteiger partial charge is 0.509 e. The molecule has 1 atom stereocenters. The Bertz CT molecular complexity index is 177. The van der Waals surface area contributed by atoms with Gasteiger partial charge in [-0.15, -0.1) is 0 Å². The lowest BCUT2D eigenvalue weighted by Crippen LogP contribution is -2.30. The van der Waals surface area contributed by atoms with Gasteiger partial charge in [0.25, 0.3) is 0 Å². The number of halogens is 1. The van der Waals surface area contributed by atoms with Crippen molar-refractivity contribution in [3.63, 3.8) is 0 Å². The van der Waals surface area contributed by atoms with Gasteiger partial charge in [0.2, 0.25) is 0 Å². The molecule has 0 aromatic heterocycles. The molecule has 1 unspecified atom stereocenters. The number of ether oxygens (including phenoxy) is 2. The first-order valence-corrected chi connectivity index (χ1v) is 4.83. The molecule has 0 N–H and O–H groups in total. The van der Waals surface area contributed by atoms with Crippen LogP contribution in [-0.2, 0) is 9.47 Å². The SMILES string of the molecule is CN1CCCC1COC(=O)OCCl. The van der Waals surface area contributed by atoms with E-state index in [0.29, 0.717) is 12.6 Å². The van der Waals surface area contributed by atoms with Gasteiger partial charge in [-0.1, -0.05) is 11.6 Å². The van der Waals surface area contributed by atoms with Gasteiger partial charge in [0.15, 0.2) is 6.07 Å². The van der Waals surface area contributed by atoms with E-state index >= 15 is 0 Å². The molecular formula is C8H14ClNO3. The highest BCUT2D eigenvalue weighted by atomic mass is 35.5. The van der Waals surface area contributed by atoms with E-state index < -0.39 is 6.16 Å². The van der Waals surface area contributed by atoms with E-state index in [2.05, 4.69) is 9.64 Å². The zero-order valence-electron chi connectivity index (χ0n) is 7.66. The minimum absolute atomic E-state index is 0.153. The van der Waals surface area contributed by atoms with Crippen LogP contribution in [0.15, 0.2) is 0 Å². The van der Waals surface area contributed by atoms with Crippen LogP contribution in [-0.4, -0.2) is 43.4 Å². The van der Waals surface area contributed by atoms with Crippen molar-refractivity contribution in [3.05, 3.63) is 0 Å². The standard InChI is InChI=1S/C8H14ClNO3/c1-10-4-2-3-7(10)5-12-8(11)13-6-9/h7H,2-6H2,1H3. The fraction of sp³-hybridized carbons (Fsp3) is 0.875. The molecule has 0 spiro atoms. The van der Waals surface area contributed by atoms with Gasteiger partial charge < -0.3 is 14.4 Å². The number of rotatable bonds is 3. The maximum atomic E-state index is 10.8. The summed E-state index contributed by atoms with van der Waals surface area (Å²) in [6, 6.07) is 0.183. The van der Waals surface area contributed by atoms with Gasteiger partial charge in [-0.2, -0.15) is 0 Å². The Morgan fingerprint density at radius 1 is 1.62 bits per heavy atom. The van der Waals surface area contributed by atoms with E-state index in [-0.39, 0.29) is 6.07 Å². The Kier molecular flexibility index (Phi) is 4.32. The van der Waals surface area contributed by atoms with Crippen LogP contribution in [0.1, 0.15) is 12.8 Å². The van der Waals surface area contributed by atoms with Crippen LogP contribution in [0.4, 0.5) is 4.79 Å². The summed E-state index contributed by atoms with van der Waals surface area (Å²) in [4.78, 5) is 12.9. The molecule has 0 aromatic rings. The summed E-state index contributed by atoms with van der Waals surface area (Å²) >= 11 is 5.19. The molecule has 0 radical (unpaired) electrons. The maximum absolute atomic E-state index is 10.8. The lowest BCUT2D eigenvalue weighted by atomic mass is 10.2. The first-order chi connectivity index (χ1) is 6.24. The monoisotopic (exact) mass is 207 g/mol. The van der Waals surface area contributed by atoms with E-state index in [1.807, 2.05) is 7.05 Å². The van der Waals surface area contributed by atoms with Crippen LogP contribution in [0.3, 0.4) is 0 Å². The van der Waals surface area contributed by atoms with E-state index in [9.17, 15) is 4.79 Å². The molecule has 1 aliphatic heterocycles. The quantitative estimate of drug-likeness (QED) is 0.519. The summed E-state index contributed by atoms with van der Waals surface area (Å²) in [7, 11) is 2.02. The van der Waals surface area contributed by atoms with Crippen LogP contribution in [0, 0.1) is 0 Å². The average molecular weight is 208 g/mol. The second-order valence-electron chi connectivity index (χ2n) is 3.09. The summed E-state index contributed by atoms with van der Waals surface area (Å²) in [5.74, 6) is 0. The second-order valence-corrected chi connectivity index (χ2v) is 3.31. The minimum atomic E-state index is -0.685. The van der Waals surface area contributed by atoms with Crippen LogP contribution >= 0.6 is 11.6 Å². The molecule has 1 heterocycles. The minimum Gasteiger partial charge on any atom is -0.433 e. The molecule has 1 saturated heterocycles. The molecule has 76 valence electrons. The Balaban J connectivity index is 2.14. The average Bonchev–Trinajstić information content (AvgIpc) is 2.48. The number of alkyl halides is 1. The number of likely N-dealkylation sites (N-methyl/N-ethyl adjacent to an activating group) is 1. The normalized spacial score (nSPS) is 23.1. The maximum Gasteiger partial charge on any atom is 0.509 e. The molecule has 1 aliphatic rings. The number of carbonyl (C=O) groups excluding carboxylic acids is 1. The Hall–Kier alpha value is -0.480. The lowest BCUT2D eigenvalue weighted by Gasteiger charge is -2.18. The van der Waals surface area contributed by atoms with Gasteiger partial charge in [-0.25, -0.2) is 4.79 Å². The predicted octanol–water partition coefficient (Wildman–Crippen LogP) is 1.43. The van der Waals surface area contributed by atoms with Crippen LogP contribution < -0.4 is 0 Å². The van der Waals surface area contributed by atoms with Crippen molar-refractivity contribution in [1.29, 1.82) is 0 Å². The number of hydrogen-bond donors (Lipinski definition) is 0. The number of carbonyl (C=O) groups is 1. The zero-order valence-corrected chi connectivity index (χ0v) is 8.42. The number of hydrogen-bond acceptors (Lipinski definition) is 4. The third-order valence-electron chi connectivity index (χ3n) is 2.24. The molecule has 1 rings (SSSR count). The van der Waals surface area contributed by atoms with Crippen LogP contribution in [0.5, 0.6) is 0 Å². The Morgan fingerprint density at radius 3 is 2.92 bits per heavy atom. The molecule has 13 heavy (non-hydrogen) atoms. The summed E-state index contributed by atoms with van der Waals surface area (Å²) in [6.07, 6.45) is 1.55. The van der Waals surface area contributed by atoms with Gasteiger partial charge in [-0.05, 0) is 26.4 Å². The van der Waals surface area contributed by atoms with E-state index in [1.165, 1.54) is 0 Å². The highest BCUT2D eigenvalue weighted by Gasteiger charge is 2.22. The Labute approximate surface area is 82.7 Å². The molecule has 4 nitrogen and oxygen atoms in total. The van der Waals surface area contributed by atoms with Crippen molar-refractivity contribution in [2.24, 2.45) is 0 Å². The topological polar surface area (TPSA) is 38.8 Å². The number of likely N-dealkylation sites (tertiary alicyclic amines) is 1.